The molecule has 6 N–H and O–H groups in total. The number of ether oxygens (including phenoxy) is 1. The lowest BCUT2D eigenvalue weighted by atomic mass is 9.98. The molecule has 0 spiro atoms. The maximum Gasteiger partial charge on any atom is 0.490 e. The number of halogens is 3. The number of nitrogens with zero attached hydrogens (tertiary/aromatic N) is 1. The number of H-pyrrole nitrogens is 1. The summed E-state index contributed by atoms with van der Waals surface area (Å²) in [6, 6.07) is 0. The summed E-state index contributed by atoms with van der Waals surface area (Å²) < 4.78 is 91.9. The van der Waals surface area contributed by atoms with Crippen molar-refractivity contribution in [1.29, 1.82) is 0 Å². The number of alkyl halides is 2. The van der Waals surface area contributed by atoms with Crippen molar-refractivity contribution >= 4 is 47.9 Å². The van der Waals surface area contributed by atoms with Crippen molar-refractivity contribution in [3.05, 3.63) is 21.4 Å². The smallest absolute Gasteiger partial charge is 0.387 e. The lowest BCUT2D eigenvalue weighted by Gasteiger charge is -2.29. The van der Waals surface area contributed by atoms with Gasteiger partial charge < -0.3 is 34.4 Å². The monoisotopic (exact) mass is 568 g/mol. The van der Waals surface area contributed by atoms with Gasteiger partial charge in [0.15, 0.2) is 28.6 Å². The molecule has 2 heterocycles. The van der Waals surface area contributed by atoms with Gasteiger partial charge in [-0.15, -0.1) is 0 Å². The van der Waals surface area contributed by atoms with Gasteiger partial charge in [-0.3, -0.25) is 9.09 Å². The number of phosphoric acid groups is 3. The number of aromatic nitrogens is 2. The summed E-state index contributed by atoms with van der Waals surface area (Å²) >= 11 is 9.45. The number of hydrogen-bond donors (Lipinski definition) is 6. The fourth-order valence-corrected chi connectivity index (χ4v) is 5.99. The number of rotatable bonds is 9. The maximum atomic E-state index is 14.7. The predicted molar refractivity (Wildman–Crippen MR) is 100.0 cm³/mol. The molecular formula is C10H14F3N2O12P3S2. The van der Waals surface area contributed by atoms with Crippen LogP contribution in [-0.2, 0) is 31.6 Å². The van der Waals surface area contributed by atoms with E-state index < -0.39 is 76.1 Å². The molecule has 1 aliphatic rings. The molecule has 1 aromatic rings. The molecule has 1 aliphatic heterocycles. The Bertz CT molecular complexity index is 1130. The molecule has 1 aromatic heterocycles. The number of hydrogen-bond acceptors (Lipinski definition) is 10. The van der Waals surface area contributed by atoms with E-state index in [2.05, 4.69) is 30.3 Å². The molecule has 0 aliphatic carbocycles. The molecule has 0 radical (unpaired) electrons. The third-order valence-corrected chi connectivity index (χ3v) is 8.17. The van der Waals surface area contributed by atoms with Crippen LogP contribution in [0.4, 0.5) is 13.2 Å². The number of aliphatic hydroxyl groups excluding tert-OH is 1. The third-order valence-electron chi connectivity index (χ3n) is 3.78. The van der Waals surface area contributed by atoms with E-state index in [0.29, 0.717) is 10.8 Å². The lowest BCUT2D eigenvalue weighted by molar-refractivity contribution is -0.135. The SMILES string of the molecule is O=P(O)(O)OP(=O)(O)OP(=O)(O)OC[C@@]1(CF)O[C@@H](n2cc(F)c(=S)[nH]c2=S)[C@@H](F)C1O. The Labute approximate surface area is 186 Å². The van der Waals surface area contributed by atoms with E-state index in [4.69, 9.17) is 31.6 Å². The second-order valence-electron chi connectivity index (χ2n) is 6.10. The maximum absolute atomic E-state index is 14.7. The van der Waals surface area contributed by atoms with Crippen LogP contribution in [0.25, 0.3) is 0 Å². The zero-order valence-electron chi connectivity index (χ0n) is 15.1. The van der Waals surface area contributed by atoms with E-state index in [1.165, 1.54) is 0 Å². The Morgan fingerprint density at radius 1 is 1.19 bits per heavy atom. The average Bonchev–Trinajstić information content (AvgIpc) is 2.85. The van der Waals surface area contributed by atoms with Crippen molar-refractivity contribution in [2.24, 2.45) is 0 Å². The van der Waals surface area contributed by atoms with Gasteiger partial charge in [-0.2, -0.15) is 8.62 Å². The van der Waals surface area contributed by atoms with Crippen LogP contribution in [0, 0.1) is 15.2 Å². The number of nitrogens with one attached hydrogen (secondary N) is 1. The lowest BCUT2D eigenvalue weighted by Crippen LogP contribution is -2.48. The van der Waals surface area contributed by atoms with Crippen molar-refractivity contribution in [2.45, 2.75) is 24.1 Å². The van der Waals surface area contributed by atoms with Gasteiger partial charge in [0.2, 0.25) is 0 Å². The first-order chi connectivity index (χ1) is 14.4. The molecule has 1 saturated heterocycles. The summed E-state index contributed by atoms with van der Waals surface area (Å²) in [4.78, 5) is 37.7. The molecule has 0 bridgehead atoms. The number of aliphatic hydroxyl groups is 1. The molecule has 6 atom stereocenters. The Morgan fingerprint density at radius 3 is 2.31 bits per heavy atom. The first-order valence-electron chi connectivity index (χ1n) is 7.77. The van der Waals surface area contributed by atoms with Gasteiger partial charge >= 0.3 is 23.5 Å². The van der Waals surface area contributed by atoms with Gasteiger partial charge in [-0.25, -0.2) is 26.9 Å². The van der Waals surface area contributed by atoms with Gasteiger partial charge in [0.25, 0.3) is 0 Å². The van der Waals surface area contributed by atoms with E-state index in [0.717, 1.165) is 0 Å². The molecule has 184 valence electrons. The normalized spacial score (nSPS) is 30.1. The first kappa shape index (κ1) is 27.9. The zero-order chi connectivity index (χ0) is 24.7. The highest BCUT2D eigenvalue weighted by molar-refractivity contribution is 7.72. The molecule has 0 saturated carbocycles. The highest BCUT2D eigenvalue weighted by atomic mass is 32.1. The molecule has 0 amide bonds. The first-order valence-corrected chi connectivity index (χ1v) is 13.1. The van der Waals surface area contributed by atoms with Crippen molar-refractivity contribution in [2.75, 3.05) is 13.3 Å². The molecule has 14 nitrogen and oxygen atoms in total. The number of aromatic amines is 1. The standard InChI is InChI=1S/C10H14F3N2O12P3S2/c11-2-10(3-24-29(20,21)27-30(22,23)26-28(17,18)19)6(16)5(13)8(25-10)15-1-4(12)7(31)14-9(15)32/h1,5-6,8,16H,2-3H2,(H,20,21)(H,22,23)(H,14,31,32)(H2,17,18,19)/t5-,6?,8+,10+/m0/s1. The van der Waals surface area contributed by atoms with Crippen molar-refractivity contribution in [3.8, 4) is 0 Å². The van der Waals surface area contributed by atoms with Crippen molar-refractivity contribution in [3.63, 3.8) is 0 Å². The molecule has 1 fully saturated rings. The van der Waals surface area contributed by atoms with Crippen molar-refractivity contribution in [1.82, 2.24) is 9.55 Å². The van der Waals surface area contributed by atoms with Crippen LogP contribution in [0.2, 0.25) is 0 Å². The Morgan fingerprint density at radius 2 is 1.78 bits per heavy atom. The fourth-order valence-electron chi connectivity index (χ4n) is 2.44. The van der Waals surface area contributed by atoms with E-state index in [1.54, 1.807) is 0 Å². The second kappa shape index (κ2) is 9.71. The highest BCUT2D eigenvalue weighted by Gasteiger charge is 2.57. The highest BCUT2D eigenvalue weighted by Crippen LogP contribution is 2.66. The molecule has 0 aromatic carbocycles. The van der Waals surface area contributed by atoms with Gasteiger partial charge in [0, 0.05) is 6.20 Å². The quantitative estimate of drug-likeness (QED) is 0.185. The van der Waals surface area contributed by atoms with Crippen LogP contribution in [0.1, 0.15) is 6.23 Å². The minimum absolute atomic E-state index is 0.390. The molecule has 22 heteroatoms. The second-order valence-corrected chi connectivity index (χ2v) is 11.3. The van der Waals surface area contributed by atoms with Crippen LogP contribution in [0.15, 0.2) is 6.20 Å². The third kappa shape index (κ3) is 6.61. The Hall–Kier alpha value is -0.360. The van der Waals surface area contributed by atoms with Crippen LogP contribution in [0.5, 0.6) is 0 Å². The predicted octanol–water partition coefficient (Wildman–Crippen LogP) is 1.69. The zero-order valence-corrected chi connectivity index (χ0v) is 19.4. The Balaban J connectivity index is 2.25. The van der Waals surface area contributed by atoms with E-state index >= 15 is 0 Å². The summed E-state index contributed by atoms with van der Waals surface area (Å²) in [6.45, 7) is -3.26. The summed E-state index contributed by atoms with van der Waals surface area (Å²) in [7, 11) is -17.3. The fraction of sp³-hybridized carbons (Fsp3) is 0.600. The summed E-state index contributed by atoms with van der Waals surface area (Å²) in [6.07, 6.45) is -6.27. The van der Waals surface area contributed by atoms with Gasteiger partial charge in [-0.05, 0) is 12.2 Å². The topological polar surface area (TPSA) is 210 Å². The summed E-state index contributed by atoms with van der Waals surface area (Å²) in [5, 5.41) is 10.1. The van der Waals surface area contributed by atoms with Crippen LogP contribution < -0.4 is 0 Å². The minimum Gasteiger partial charge on any atom is -0.387 e. The molecular weight excluding hydrogens is 554 g/mol. The summed E-state index contributed by atoms with van der Waals surface area (Å²) in [5.41, 5.74) is -2.73. The molecule has 3 unspecified atom stereocenters. The molecule has 2 rings (SSSR count). The van der Waals surface area contributed by atoms with Gasteiger partial charge in [0.1, 0.15) is 17.4 Å². The van der Waals surface area contributed by atoms with E-state index in [9.17, 15) is 36.9 Å². The van der Waals surface area contributed by atoms with Gasteiger partial charge in [-0.1, -0.05) is 12.2 Å². The minimum atomic E-state index is -5.88. The number of phosphoric ester groups is 1. The van der Waals surface area contributed by atoms with Crippen LogP contribution in [0.3, 0.4) is 0 Å². The van der Waals surface area contributed by atoms with Crippen LogP contribution >= 0.6 is 47.9 Å². The average molecular weight is 568 g/mol. The van der Waals surface area contributed by atoms with E-state index in [-0.39, 0.29) is 0 Å². The largest absolute Gasteiger partial charge is 0.490 e. The van der Waals surface area contributed by atoms with Crippen LogP contribution in [-0.4, -0.2) is 65.4 Å². The Kier molecular flexibility index (Phi) is 8.46. The van der Waals surface area contributed by atoms with E-state index in [1.807, 2.05) is 0 Å². The summed E-state index contributed by atoms with van der Waals surface area (Å²) in [5.74, 6) is -1.08. The molecule has 32 heavy (non-hydrogen) atoms. The van der Waals surface area contributed by atoms with Gasteiger partial charge in [0.05, 0.1) is 6.61 Å². The van der Waals surface area contributed by atoms with Crippen molar-refractivity contribution < 1.29 is 69.4 Å².